The summed E-state index contributed by atoms with van der Waals surface area (Å²) in [5.74, 6) is -1.80. The van der Waals surface area contributed by atoms with Gasteiger partial charge in [0.15, 0.2) is 0 Å². The molecular formula is C22H26F3N5O3. The van der Waals surface area contributed by atoms with Gasteiger partial charge in [0.05, 0.1) is 6.07 Å². The van der Waals surface area contributed by atoms with Crippen LogP contribution < -0.4 is 10.6 Å². The van der Waals surface area contributed by atoms with E-state index in [2.05, 4.69) is 15.6 Å². The molecule has 3 N–H and O–H groups in total. The first kappa shape index (κ1) is 23.1. The van der Waals surface area contributed by atoms with Gasteiger partial charge >= 0.3 is 6.18 Å². The molecular weight excluding hydrogens is 439 g/mol. The van der Waals surface area contributed by atoms with Crippen molar-refractivity contribution in [1.82, 2.24) is 20.5 Å². The number of amides is 3. The Labute approximate surface area is 188 Å². The molecule has 2 aliphatic heterocycles. The van der Waals surface area contributed by atoms with Gasteiger partial charge in [0.2, 0.25) is 11.8 Å². The number of carbonyl (C=O) groups excluding carboxylic acids is 3. The molecule has 0 unspecified atom stereocenters. The van der Waals surface area contributed by atoms with Crippen LogP contribution in [-0.2, 0) is 15.8 Å². The van der Waals surface area contributed by atoms with Crippen LogP contribution in [0.4, 0.5) is 13.2 Å². The van der Waals surface area contributed by atoms with Crippen molar-refractivity contribution in [1.29, 1.82) is 5.26 Å². The molecule has 178 valence electrons. The van der Waals surface area contributed by atoms with E-state index in [9.17, 15) is 32.8 Å². The maximum Gasteiger partial charge on any atom is 0.431 e. The summed E-state index contributed by atoms with van der Waals surface area (Å²) < 4.78 is 38.8. The smallest absolute Gasteiger partial charge is 0.351 e. The first-order chi connectivity index (χ1) is 15.3. The number of nitriles is 1. The summed E-state index contributed by atoms with van der Waals surface area (Å²) in [5.41, 5.74) is -1.85. The van der Waals surface area contributed by atoms with Crippen molar-refractivity contribution in [2.75, 3.05) is 6.54 Å². The number of alkyl halides is 3. The second kappa shape index (κ2) is 7.78. The minimum absolute atomic E-state index is 0.148. The Morgan fingerprint density at radius 3 is 2.52 bits per heavy atom. The van der Waals surface area contributed by atoms with Crippen molar-refractivity contribution in [2.45, 2.75) is 69.8 Å². The Balaban J connectivity index is 1.46. The van der Waals surface area contributed by atoms with E-state index in [1.165, 1.54) is 4.90 Å². The lowest BCUT2D eigenvalue weighted by atomic mass is 9.92. The highest BCUT2D eigenvalue weighted by Gasteiger charge is 2.55. The molecule has 3 heterocycles. The molecule has 2 saturated heterocycles. The second-order valence-electron chi connectivity index (χ2n) is 10.1. The van der Waals surface area contributed by atoms with Crippen LogP contribution in [0.2, 0.25) is 0 Å². The Morgan fingerprint density at radius 2 is 2.00 bits per heavy atom. The molecule has 11 heteroatoms. The van der Waals surface area contributed by atoms with Crippen LogP contribution >= 0.6 is 0 Å². The zero-order valence-electron chi connectivity index (χ0n) is 18.4. The van der Waals surface area contributed by atoms with Gasteiger partial charge in [-0.1, -0.05) is 0 Å². The summed E-state index contributed by atoms with van der Waals surface area (Å²) in [6, 6.07) is 2.07. The van der Waals surface area contributed by atoms with Gasteiger partial charge in [-0.2, -0.15) is 18.4 Å². The normalized spacial score (nSPS) is 26.1. The van der Waals surface area contributed by atoms with Gasteiger partial charge in [0.25, 0.3) is 5.91 Å². The van der Waals surface area contributed by atoms with Crippen LogP contribution in [-0.4, -0.2) is 51.8 Å². The van der Waals surface area contributed by atoms with Crippen molar-refractivity contribution < 1.29 is 27.6 Å². The highest BCUT2D eigenvalue weighted by Crippen LogP contribution is 2.55. The van der Waals surface area contributed by atoms with Crippen LogP contribution in [0, 0.1) is 22.7 Å². The van der Waals surface area contributed by atoms with Gasteiger partial charge in [-0.25, -0.2) is 0 Å². The maximum atomic E-state index is 13.1. The van der Waals surface area contributed by atoms with E-state index in [0.29, 0.717) is 12.8 Å². The van der Waals surface area contributed by atoms with Crippen molar-refractivity contribution >= 4 is 17.7 Å². The van der Waals surface area contributed by atoms with E-state index in [4.69, 9.17) is 0 Å². The minimum Gasteiger partial charge on any atom is -0.351 e. The van der Waals surface area contributed by atoms with Crippen LogP contribution in [0.3, 0.4) is 0 Å². The van der Waals surface area contributed by atoms with Crippen molar-refractivity contribution in [3.05, 3.63) is 23.5 Å². The predicted octanol–water partition coefficient (Wildman–Crippen LogP) is 2.34. The fourth-order valence-electron chi connectivity index (χ4n) is 4.96. The molecule has 4 rings (SSSR count). The summed E-state index contributed by atoms with van der Waals surface area (Å²) in [7, 11) is 0. The highest BCUT2D eigenvalue weighted by atomic mass is 19.4. The summed E-state index contributed by atoms with van der Waals surface area (Å²) in [4.78, 5) is 41.7. The SMILES string of the molecule is CC1(C)C[C@@H](C[C@@H](C#N)NC(=O)[C@@H]2CC3(CC3)CN2C(=O)c2ccc(C(F)(F)F)[nH]2)C(=O)N1. The number of H-pyrrole nitrogens is 1. The molecule has 0 radical (unpaired) electrons. The molecule has 1 aromatic heterocycles. The van der Waals surface area contributed by atoms with E-state index in [0.717, 1.165) is 25.0 Å². The third-order valence-corrected chi connectivity index (χ3v) is 6.83. The lowest BCUT2D eigenvalue weighted by Crippen LogP contribution is -2.49. The molecule has 3 atom stereocenters. The lowest BCUT2D eigenvalue weighted by Gasteiger charge is -2.25. The van der Waals surface area contributed by atoms with Gasteiger partial charge in [-0.05, 0) is 63.5 Å². The zero-order chi connectivity index (χ0) is 24.2. The van der Waals surface area contributed by atoms with E-state index >= 15 is 0 Å². The Morgan fingerprint density at radius 1 is 1.30 bits per heavy atom. The molecule has 0 bridgehead atoms. The number of aromatic amines is 1. The van der Waals surface area contributed by atoms with Gasteiger partial charge in [0.1, 0.15) is 23.5 Å². The van der Waals surface area contributed by atoms with Crippen molar-refractivity contribution in [3.63, 3.8) is 0 Å². The second-order valence-corrected chi connectivity index (χ2v) is 10.1. The van der Waals surface area contributed by atoms with Crippen LogP contribution in [0.5, 0.6) is 0 Å². The Hall–Kier alpha value is -3.03. The van der Waals surface area contributed by atoms with E-state index < -0.39 is 41.7 Å². The number of hydrogen-bond acceptors (Lipinski definition) is 4. The van der Waals surface area contributed by atoms with E-state index in [-0.39, 0.29) is 35.5 Å². The van der Waals surface area contributed by atoms with Gasteiger partial charge in [0, 0.05) is 18.0 Å². The molecule has 3 amide bonds. The fourth-order valence-corrected chi connectivity index (χ4v) is 4.96. The summed E-state index contributed by atoms with van der Waals surface area (Å²) >= 11 is 0. The lowest BCUT2D eigenvalue weighted by molar-refractivity contribution is -0.140. The van der Waals surface area contributed by atoms with E-state index in [1.54, 1.807) is 0 Å². The summed E-state index contributed by atoms with van der Waals surface area (Å²) in [6.45, 7) is 4.04. The molecule has 3 fully saturated rings. The van der Waals surface area contributed by atoms with Gasteiger partial charge in [-0.3, -0.25) is 14.4 Å². The third-order valence-electron chi connectivity index (χ3n) is 6.83. The number of rotatable bonds is 5. The largest absolute Gasteiger partial charge is 0.431 e. The van der Waals surface area contributed by atoms with Crippen LogP contribution in [0.15, 0.2) is 12.1 Å². The number of hydrogen-bond donors (Lipinski definition) is 3. The third kappa shape index (κ3) is 4.70. The van der Waals surface area contributed by atoms with Crippen molar-refractivity contribution in [3.8, 4) is 6.07 Å². The average Bonchev–Trinajstić information content (AvgIpc) is 3.05. The average molecular weight is 465 g/mol. The quantitative estimate of drug-likeness (QED) is 0.619. The molecule has 1 aliphatic carbocycles. The first-order valence-electron chi connectivity index (χ1n) is 10.9. The number of nitrogens with one attached hydrogen (secondary N) is 3. The number of halogens is 3. The topological polar surface area (TPSA) is 118 Å². The monoisotopic (exact) mass is 465 g/mol. The summed E-state index contributed by atoms with van der Waals surface area (Å²) in [5, 5.41) is 15.1. The molecule has 1 saturated carbocycles. The number of likely N-dealkylation sites (tertiary alicyclic amines) is 1. The zero-order valence-corrected chi connectivity index (χ0v) is 18.4. The van der Waals surface area contributed by atoms with Gasteiger partial charge in [-0.15, -0.1) is 0 Å². The maximum absolute atomic E-state index is 13.1. The van der Waals surface area contributed by atoms with Gasteiger partial charge < -0.3 is 20.5 Å². The molecule has 0 aromatic carbocycles. The summed E-state index contributed by atoms with van der Waals surface area (Å²) in [6.07, 6.45) is -1.87. The Kier molecular flexibility index (Phi) is 5.46. The number of aromatic nitrogens is 1. The van der Waals surface area contributed by atoms with Crippen molar-refractivity contribution in [2.24, 2.45) is 11.3 Å². The molecule has 1 spiro atoms. The standard InChI is InChI=1S/C22H26F3N5O3/c1-20(2)8-12(17(31)29-20)7-13(10-26)27-18(32)15-9-21(5-6-21)11-30(15)19(33)14-3-4-16(28-14)22(23,24)25/h3-4,12-13,15,28H,5-9,11H2,1-2H3,(H,27,32)(H,29,31)/t12-,13+,15+/m1/s1. The molecule has 8 nitrogen and oxygen atoms in total. The fraction of sp³-hybridized carbons (Fsp3) is 0.636. The minimum atomic E-state index is -4.61. The Bertz CT molecular complexity index is 1020. The van der Waals surface area contributed by atoms with Crippen LogP contribution in [0.1, 0.15) is 62.1 Å². The predicted molar refractivity (Wildman–Crippen MR) is 109 cm³/mol. The highest BCUT2D eigenvalue weighted by molar-refractivity contribution is 5.97. The first-order valence-corrected chi connectivity index (χ1v) is 10.9. The molecule has 1 aromatic rings. The van der Waals surface area contributed by atoms with Crippen LogP contribution in [0.25, 0.3) is 0 Å². The van der Waals surface area contributed by atoms with E-state index in [1.807, 2.05) is 19.9 Å². The number of nitrogens with zero attached hydrogens (tertiary/aromatic N) is 2. The molecule has 33 heavy (non-hydrogen) atoms. The molecule has 3 aliphatic rings. The number of carbonyl (C=O) groups is 3.